The van der Waals surface area contributed by atoms with Gasteiger partial charge in [-0.1, -0.05) is 0 Å². The molecule has 0 heterocycles. The molecule has 0 saturated carbocycles. The van der Waals surface area contributed by atoms with Crippen LogP contribution in [0.15, 0.2) is 18.2 Å². The Bertz CT molecular complexity index is 293. The number of halogens is 2. The molecular formula is C7H6F2O3. The number of rotatable bonds is 1. The zero-order valence-corrected chi connectivity index (χ0v) is 5.83. The van der Waals surface area contributed by atoms with Gasteiger partial charge in [-0.15, -0.1) is 0 Å². The van der Waals surface area contributed by atoms with E-state index >= 15 is 0 Å². The Labute approximate surface area is 66.5 Å². The second-order valence-electron chi connectivity index (χ2n) is 2.26. The molecular weight excluding hydrogens is 170 g/mol. The van der Waals surface area contributed by atoms with Crippen LogP contribution in [0.5, 0.6) is 0 Å². The fourth-order valence-corrected chi connectivity index (χ4v) is 0.761. The van der Waals surface area contributed by atoms with Gasteiger partial charge in [-0.2, -0.15) is 0 Å². The molecule has 0 radical (unpaired) electrons. The third-order valence-electron chi connectivity index (χ3n) is 1.29. The van der Waals surface area contributed by atoms with Crippen molar-refractivity contribution in [2.45, 2.75) is 5.97 Å². The van der Waals surface area contributed by atoms with Gasteiger partial charge in [0.15, 0.2) is 0 Å². The normalized spacial score (nSPS) is 11.8. The highest BCUT2D eigenvalue weighted by Crippen LogP contribution is 2.18. The van der Waals surface area contributed by atoms with Crippen LogP contribution >= 0.6 is 0 Å². The summed E-state index contributed by atoms with van der Waals surface area (Å²) in [5.41, 5.74) is -0.788. The van der Waals surface area contributed by atoms with Crippen molar-refractivity contribution in [1.29, 1.82) is 0 Å². The second kappa shape index (κ2) is 2.78. The molecule has 0 bridgehead atoms. The van der Waals surface area contributed by atoms with Crippen molar-refractivity contribution < 1.29 is 24.1 Å². The molecule has 0 unspecified atom stereocenters. The molecule has 0 aromatic heterocycles. The van der Waals surface area contributed by atoms with E-state index in [1.807, 2.05) is 0 Å². The maximum atomic E-state index is 12.6. The maximum absolute atomic E-state index is 12.6. The van der Waals surface area contributed by atoms with Crippen LogP contribution in [-0.2, 0) is 5.97 Å². The molecule has 0 fully saturated rings. The summed E-state index contributed by atoms with van der Waals surface area (Å²) in [4.78, 5) is 0. The Morgan fingerprint density at radius 1 is 1.08 bits per heavy atom. The smallest absolute Gasteiger partial charge is 0.307 e. The van der Waals surface area contributed by atoms with Crippen LogP contribution in [-0.4, -0.2) is 15.3 Å². The molecule has 1 rings (SSSR count). The van der Waals surface area contributed by atoms with Crippen molar-refractivity contribution in [3.05, 3.63) is 35.4 Å². The lowest BCUT2D eigenvalue weighted by atomic mass is 10.2. The predicted octanol–water partition coefficient (Wildman–Crippen LogP) is 0.0520. The van der Waals surface area contributed by atoms with Crippen LogP contribution < -0.4 is 0 Å². The third-order valence-corrected chi connectivity index (χ3v) is 1.29. The molecule has 0 aliphatic carbocycles. The van der Waals surface area contributed by atoms with Crippen molar-refractivity contribution in [2.24, 2.45) is 0 Å². The van der Waals surface area contributed by atoms with Crippen LogP contribution in [0.2, 0.25) is 0 Å². The highest BCUT2D eigenvalue weighted by Gasteiger charge is 2.25. The summed E-state index contributed by atoms with van der Waals surface area (Å²) in [6.07, 6.45) is 0. The highest BCUT2D eigenvalue weighted by molar-refractivity contribution is 5.20. The molecule has 0 amide bonds. The van der Waals surface area contributed by atoms with Crippen molar-refractivity contribution >= 4 is 0 Å². The quantitative estimate of drug-likeness (QED) is 0.530. The van der Waals surface area contributed by atoms with Crippen molar-refractivity contribution in [3.8, 4) is 0 Å². The van der Waals surface area contributed by atoms with E-state index in [0.29, 0.717) is 6.07 Å². The van der Waals surface area contributed by atoms with Gasteiger partial charge in [-0.3, -0.25) is 0 Å². The first kappa shape index (κ1) is 9.05. The molecule has 3 N–H and O–H groups in total. The van der Waals surface area contributed by atoms with Crippen LogP contribution in [0.25, 0.3) is 0 Å². The van der Waals surface area contributed by atoms with E-state index in [0.717, 1.165) is 12.1 Å². The predicted molar refractivity (Wildman–Crippen MR) is 34.7 cm³/mol. The van der Waals surface area contributed by atoms with Crippen molar-refractivity contribution in [2.75, 3.05) is 0 Å². The summed E-state index contributed by atoms with van der Waals surface area (Å²) >= 11 is 0. The molecule has 12 heavy (non-hydrogen) atoms. The van der Waals surface area contributed by atoms with E-state index in [1.54, 1.807) is 0 Å². The second-order valence-corrected chi connectivity index (χ2v) is 2.26. The Morgan fingerprint density at radius 2 is 1.67 bits per heavy atom. The zero-order chi connectivity index (χ0) is 9.35. The molecule has 1 aromatic rings. The summed E-state index contributed by atoms with van der Waals surface area (Å²) in [5, 5.41) is 25.5. The minimum atomic E-state index is -3.27. The fraction of sp³-hybridized carbons (Fsp3) is 0.143. The largest absolute Gasteiger partial charge is 0.340 e. The SMILES string of the molecule is OC(O)(O)c1ccc(F)cc1F. The zero-order valence-electron chi connectivity index (χ0n) is 5.83. The molecule has 1 aromatic carbocycles. The molecule has 0 atom stereocenters. The average Bonchev–Trinajstić information content (AvgIpc) is 1.83. The van der Waals surface area contributed by atoms with E-state index in [4.69, 9.17) is 15.3 Å². The van der Waals surface area contributed by atoms with Gasteiger partial charge < -0.3 is 15.3 Å². The molecule has 0 aliphatic heterocycles. The summed E-state index contributed by atoms with van der Waals surface area (Å²) in [6.45, 7) is 0. The third kappa shape index (κ3) is 1.76. The number of hydrogen-bond donors (Lipinski definition) is 3. The van der Waals surface area contributed by atoms with Gasteiger partial charge in [0.2, 0.25) is 0 Å². The molecule has 5 heteroatoms. The Hall–Kier alpha value is -1.04. The first-order chi connectivity index (χ1) is 5.41. The number of benzene rings is 1. The Balaban J connectivity index is 3.19. The highest BCUT2D eigenvalue weighted by atomic mass is 19.1. The molecule has 66 valence electrons. The van der Waals surface area contributed by atoms with Crippen LogP contribution in [0.1, 0.15) is 5.56 Å². The number of hydrogen-bond acceptors (Lipinski definition) is 3. The van der Waals surface area contributed by atoms with Gasteiger partial charge in [0.1, 0.15) is 11.6 Å². The van der Waals surface area contributed by atoms with Gasteiger partial charge in [0.25, 0.3) is 0 Å². The Kier molecular flexibility index (Phi) is 2.10. The molecule has 0 saturated heterocycles. The van der Waals surface area contributed by atoms with Crippen LogP contribution in [0.4, 0.5) is 8.78 Å². The van der Waals surface area contributed by atoms with Gasteiger partial charge in [-0.05, 0) is 12.1 Å². The van der Waals surface area contributed by atoms with Crippen LogP contribution in [0.3, 0.4) is 0 Å². The van der Waals surface area contributed by atoms with E-state index in [-0.39, 0.29) is 0 Å². The van der Waals surface area contributed by atoms with Crippen LogP contribution in [0, 0.1) is 11.6 Å². The van der Waals surface area contributed by atoms with Crippen molar-refractivity contribution in [1.82, 2.24) is 0 Å². The first-order valence-corrected chi connectivity index (χ1v) is 3.04. The average molecular weight is 176 g/mol. The molecule has 0 spiro atoms. The minimum absolute atomic E-state index is 0.437. The van der Waals surface area contributed by atoms with E-state index in [1.165, 1.54) is 0 Å². The Morgan fingerprint density at radius 3 is 2.08 bits per heavy atom. The first-order valence-electron chi connectivity index (χ1n) is 3.04. The lowest BCUT2D eigenvalue weighted by Gasteiger charge is -2.14. The fourth-order valence-electron chi connectivity index (χ4n) is 0.761. The summed E-state index contributed by atoms with van der Waals surface area (Å²) in [6, 6.07) is 1.98. The topological polar surface area (TPSA) is 60.7 Å². The van der Waals surface area contributed by atoms with Gasteiger partial charge in [-0.25, -0.2) is 8.78 Å². The molecule has 0 aliphatic rings. The van der Waals surface area contributed by atoms with Gasteiger partial charge >= 0.3 is 5.97 Å². The van der Waals surface area contributed by atoms with Gasteiger partial charge in [0.05, 0.1) is 5.56 Å². The van der Waals surface area contributed by atoms with E-state index in [9.17, 15) is 8.78 Å². The molecule has 3 nitrogen and oxygen atoms in total. The monoisotopic (exact) mass is 176 g/mol. The van der Waals surface area contributed by atoms with Crippen molar-refractivity contribution in [3.63, 3.8) is 0 Å². The number of aliphatic hydroxyl groups is 3. The van der Waals surface area contributed by atoms with E-state index in [2.05, 4.69) is 0 Å². The lowest BCUT2D eigenvalue weighted by Crippen LogP contribution is -2.25. The van der Waals surface area contributed by atoms with E-state index < -0.39 is 23.2 Å². The minimum Gasteiger partial charge on any atom is -0.340 e. The summed E-state index contributed by atoms with van der Waals surface area (Å²) < 4.78 is 24.9. The maximum Gasteiger partial charge on any atom is 0.307 e. The lowest BCUT2D eigenvalue weighted by molar-refractivity contribution is -0.325. The summed E-state index contributed by atoms with van der Waals surface area (Å²) in [7, 11) is 0. The van der Waals surface area contributed by atoms with Gasteiger partial charge in [0, 0.05) is 6.07 Å². The summed E-state index contributed by atoms with van der Waals surface area (Å²) in [5.74, 6) is -5.35. The standard InChI is InChI=1S/C7H6F2O3/c8-4-1-2-5(6(9)3-4)7(10,11)12/h1-3,10-12H.